The van der Waals surface area contributed by atoms with Crippen LogP contribution in [0.15, 0.2) is 30.3 Å². The number of fused-ring (bicyclic) bond motifs is 1. The summed E-state index contributed by atoms with van der Waals surface area (Å²) in [5, 5.41) is 0. The van der Waals surface area contributed by atoms with Gasteiger partial charge in [-0.1, -0.05) is 18.2 Å². The van der Waals surface area contributed by atoms with Crippen LogP contribution in [0.2, 0.25) is 0 Å². The summed E-state index contributed by atoms with van der Waals surface area (Å²) in [6, 6.07) is 7.86. The summed E-state index contributed by atoms with van der Waals surface area (Å²) in [4.78, 5) is 11.2. The Morgan fingerprint density at radius 1 is 1.38 bits per heavy atom. The molecule has 1 aliphatic rings. The van der Waals surface area contributed by atoms with Crippen molar-refractivity contribution in [3.05, 3.63) is 35.9 Å². The maximum Gasteiger partial charge on any atom is 0.152 e. The van der Waals surface area contributed by atoms with E-state index in [4.69, 9.17) is 4.74 Å². The maximum absolute atomic E-state index is 11.2. The fraction of sp³-hybridized carbons (Fsp3) is 0.357. The predicted molar refractivity (Wildman–Crippen MR) is 64.4 cm³/mol. The first-order valence-electron chi connectivity index (χ1n) is 5.47. The van der Waals surface area contributed by atoms with Crippen LogP contribution in [0.4, 0.5) is 0 Å². The number of para-hydroxylation sites is 1. The molecule has 2 rings (SSSR count). The van der Waals surface area contributed by atoms with Crippen molar-refractivity contribution in [3.63, 3.8) is 0 Å². The van der Waals surface area contributed by atoms with Gasteiger partial charge >= 0.3 is 0 Å². The van der Waals surface area contributed by atoms with E-state index in [1.165, 1.54) is 0 Å². The van der Waals surface area contributed by atoms with Crippen molar-refractivity contribution in [1.29, 1.82) is 0 Å². The Kier molecular flexibility index (Phi) is 2.58. The molecule has 0 bridgehead atoms. The fourth-order valence-electron chi connectivity index (χ4n) is 2.08. The topological polar surface area (TPSA) is 26.3 Å². The highest BCUT2D eigenvalue weighted by molar-refractivity contribution is 5.96. The number of ketones is 1. The van der Waals surface area contributed by atoms with Gasteiger partial charge < -0.3 is 4.74 Å². The number of hydrogen-bond acceptors (Lipinski definition) is 2. The summed E-state index contributed by atoms with van der Waals surface area (Å²) in [5.74, 6) is 0.953. The van der Waals surface area contributed by atoms with E-state index >= 15 is 0 Å². The van der Waals surface area contributed by atoms with Crippen LogP contribution in [0, 0.1) is 0 Å². The van der Waals surface area contributed by atoms with Crippen LogP contribution in [0.5, 0.6) is 5.75 Å². The molecule has 0 fully saturated rings. The summed E-state index contributed by atoms with van der Waals surface area (Å²) in [6.45, 7) is 5.66. The molecule has 16 heavy (non-hydrogen) atoms. The molecule has 0 saturated heterocycles. The first kappa shape index (κ1) is 10.9. The number of ether oxygens (including phenoxy) is 1. The van der Waals surface area contributed by atoms with Gasteiger partial charge in [0.1, 0.15) is 11.4 Å². The van der Waals surface area contributed by atoms with Crippen molar-refractivity contribution in [3.8, 4) is 5.75 Å². The molecule has 0 spiro atoms. The summed E-state index contributed by atoms with van der Waals surface area (Å²) in [7, 11) is 0. The number of carbonyl (C=O) groups is 1. The minimum Gasteiger partial charge on any atom is -0.487 e. The molecule has 2 nitrogen and oxygen atoms in total. The van der Waals surface area contributed by atoms with E-state index in [0.717, 1.165) is 23.3 Å². The lowest BCUT2D eigenvalue weighted by molar-refractivity contribution is -0.112. The zero-order chi connectivity index (χ0) is 11.8. The first-order valence-corrected chi connectivity index (χ1v) is 5.47. The highest BCUT2D eigenvalue weighted by Crippen LogP contribution is 2.39. The van der Waals surface area contributed by atoms with Gasteiger partial charge in [0.25, 0.3) is 0 Å². The Balaban J connectivity index is 2.52. The predicted octanol–water partition coefficient (Wildman–Crippen LogP) is 3.22. The summed E-state index contributed by atoms with van der Waals surface area (Å²) in [6.07, 6.45) is 2.48. The molecule has 1 aromatic rings. The molecule has 0 unspecified atom stereocenters. The Morgan fingerprint density at radius 2 is 2.06 bits per heavy atom. The van der Waals surface area contributed by atoms with E-state index < -0.39 is 0 Å². The molecule has 0 aliphatic carbocycles. The number of hydrogen-bond donors (Lipinski definition) is 0. The van der Waals surface area contributed by atoms with Gasteiger partial charge in [-0.05, 0) is 38.5 Å². The minimum absolute atomic E-state index is 0.0857. The zero-order valence-electron chi connectivity index (χ0n) is 9.91. The van der Waals surface area contributed by atoms with Gasteiger partial charge in [-0.25, -0.2) is 0 Å². The van der Waals surface area contributed by atoms with Gasteiger partial charge in [-0.2, -0.15) is 0 Å². The molecule has 0 atom stereocenters. The van der Waals surface area contributed by atoms with Crippen molar-refractivity contribution < 1.29 is 9.53 Å². The van der Waals surface area contributed by atoms with Crippen LogP contribution < -0.4 is 4.74 Å². The monoisotopic (exact) mass is 216 g/mol. The quantitative estimate of drug-likeness (QED) is 0.674. The fourth-order valence-corrected chi connectivity index (χ4v) is 2.08. The molecular formula is C14H16O2. The van der Waals surface area contributed by atoms with Gasteiger partial charge in [-0.3, -0.25) is 4.79 Å². The van der Waals surface area contributed by atoms with Gasteiger partial charge in [0.15, 0.2) is 5.78 Å². The number of benzene rings is 1. The van der Waals surface area contributed by atoms with Gasteiger partial charge in [0.05, 0.1) is 0 Å². The van der Waals surface area contributed by atoms with Gasteiger partial charge in [-0.15, -0.1) is 0 Å². The third kappa shape index (κ3) is 2.16. The molecule has 0 amide bonds. The molecule has 1 aromatic carbocycles. The van der Waals surface area contributed by atoms with E-state index in [1.54, 1.807) is 13.0 Å². The standard InChI is InChI=1S/C14H16O2/c1-10(15)8-11-9-14(2,3)16-13-7-5-4-6-12(11)13/h4-8H,9H2,1-3H3/b11-8-. The van der Waals surface area contributed by atoms with E-state index in [2.05, 4.69) is 0 Å². The Hall–Kier alpha value is -1.57. The number of carbonyl (C=O) groups excluding carboxylic acids is 1. The van der Waals surface area contributed by atoms with E-state index in [0.29, 0.717) is 0 Å². The Labute approximate surface area is 95.9 Å². The maximum atomic E-state index is 11.2. The van der Waals surface area contributed by atoms with Crippen molar-refractivity contribution in [2.75, 3.05) is 0 Å². The molecule has 1 heterocycles. The average Bonchev–Trinajstić information content (AvgIpc) is 2.14. The summed E-state index contributed by atoms with van der Waals surface area (Å²) < 4.78 is 5.88. The number of rotatable bonds is 1. The molecule has 1 aliphatic heterocycles. The lowest BCUT2D eigenvalue weighted by atomic mass is 9.89. The number of allylic oxidation sites excluding steroid dienone is 1. The normalized spacial score (nSPS) is 20.1. The van der Waals surface area contributed by atoms with Crippen molar-refractivity contribution in [2.24, 2.45) is 0 Å². The largest absolute Gasteiger partial charge is 0.487 e. The highest BCUT2D eigenvalue weighted by Gasteiger charge is 2.29. The van der Waals surface area contributed by atoms with Crippen LogP contribution >= 0.6 is 0 Å². The highest BCUT2D eigenvalue weighted by atomic mass is 16.5. The van der Waals surface area contributed by atoms with Crippen molar-refractivity contribution >= 4 is 11.4 Å². The third-order valence-electron chi connectivity index (χ3n) is 2.61. The first-order chi connectivity index (χ1) is 7.48. The van der Waals surface area contributed by atoms with Crippen LogP contribution in [0.25, 0.3) is 5.57 Å². The van der Waals surface area contributed by atoms with Crippen LogP contribution in [-0.2, 0) is 4.79 Å². The second-order valence-corrected chi connectivity index (χ2v) is 4.81. The van der Waals surface area contributed by atoms with Crippen molar-refractivity contribution in [1.82, 2.24) is 0 Å². The molecule has 2 heteroatoms. The minimum atomic E-state index is -0.240. The Bertz CT molecular complexity index is 456. The van der Waals surface area contributed by atoms with Gasteiger partial charge in [0, 0.05) is 12.0 Å². The van der Waals surface area contributed by atoms with E-state index in [9.17, 15) is 4.79 Å². The smallest absolute Gasteiger partial charge is 0.152 e. The van der Waals surface area contributed by atoms with Crippen molar-refractivity contribution in [2.45, 2.75) is 32.8 Å². The molecule has 0 radical (unpaired) electrons. The summed E-state index contributed by atoms with van der Waals surface area (Å²) >= 11 is 0. The molecule has 84 valence electrons. The van der Waals surface area contributed by atoms with E-state index in [-0.39, 0.29) is 11.4 Å². The van der Waals surface area contributed by atoms with Crippen LogP contribution in [0.3, 0.4) is 0 Å². The van der Waals surface area contributed by atoms with E-state index in [1.807, 2.05) is 38.1 Å². The summed E-state index contributed by atoms with van der Waals surface area (Å²) in [5.41, 5.74) is 1.87. The lowest BCUT2D eigenvalue weighted by Crippen LogP contribution is -2.32. The SMILES string of the molecule is CC(=O)/C=C1/CC(C)(C)Oc2ccccc21. The third-order valence-corrected chi connectivity index (χ3v) is 2.61. The van der Waals surface area contributed by atoms with Crippen LogP contribution in [0.1, 0.15) is 32.8 Å². The Morgan fingerprint density at radius 3 is 2.75 bits per heavy atom. The van der Waals surface area contributed by atoms with Crippen LogP contribution in [-0.4, -0.2) is 11.4 Å². The zero-order valence-corrected chi connectivity index (χ0v) is 9.91. The lowest BCUT2D eigenvalue weighted by Gasteiger charge is -2.34. The molecule has 0 saturated carbocycles. The average molecular weight is 216 g/mol. The molecular weight excluding hydrogens is 200 g/mol. The van der Waals surface area contributed by atoms with Gasteiger partial charge in [0.2, 0.25) is 0 Å². The second kappa shape index (κ2) is 3.78. The second-order valence-electron chi connectivity index (χ2n) is 4.81. The molecule has 0 N–H and O–H groups in total. The molecule has 0 aromatic heterocycles.